The quantitative estimate of drug-likeness (QED) is 0.418. The molecule has 3 unspecified atom stereocenters. The minimum Gasteiger partial charge on any atom is -0.476 e. The van der Waals surface area contributed by atoms with Crippen molar-refractivity contribution in [1.29, 1.82) is 0 Å². The van der Waals surface area contributed by atoms with E-state index < -0.39 is 5.97 Å². The summed E-state index contributed by atoms with van der Waals surface area (Å²) in [5.41, 5.74) is 2.57. The Labute approximate surface area is 195 Å². The highest BCUT2D eigenvalue weighted by Gasteiger charge is 2.46. The van der Waals surface area contributed by atoms with Crippen LogP contribution in [0.5, 0.6) is 0 Å². The van der Waals surface area contributed by atoms with Crippen LogP contribution >= 0.6 is 11.8 Å². The van der Waals surface area contributed by atoms with Gasteiger partial charge >= 0.3 is 5.97 Å². The number of benzene rings is 1. The number of fused-ring (bicyclic) bond motifs is 2. The first-order chi connectivity index (χ1) is 15.8. The molecule has 3 aromatic rings. The number of piperidine rings is 1. The number of aromatic carboxylic acids is 1. The lowest BCUT2D eigenvalue weighted by atomic mass is 10.0. The fourth-order valence-corrected chi connectivity index (χ4v) is 5.10. The zero-order valence-corrected chi connectivity index (χ0v) is 19.8. The van der Waals surface area contributed by atoms with Gasteiger partial charge in [-0.1, -0.05) is 17.8 Å². The molecule has 1 aliphatic carbocycles. The lowest BCUT2D eigenvalue weighted by molar-refractivity contribution is 0.0690. The van der Waals surface area contributed by atoms with Crippen molar-refractivity contribution in [2.24, 2.45) is 18.9 Å². The second-order valence-corrected chi connectivity index (χ2v) is 9.75. The molecule has 172 valence electrons. The number of nitrogens with one attached hydrogen (secondary N) is 1. The average Bonchev–Trinajstić information content (AvgIpc) is 3.40. The second kappa shape index (κ2) is 8.02. The average molecular weight is 467 g/mol. The number of anilines is 2. The number of hydrogen-bond donors (Lipinski definition) is 2. The van der Waals surface area contributed by atoms with Gasteiger partial charge in [-0.15, -0.1) is 0 Å². The van der Waals surface area contributed by atoms with Gasteiger partial charge in [-0.25, -0.2) is 19.7 Å². The Morgan fingerprint density at radius 2 is 2.00 bits per heavy atom. The third kappa shape index (κ3) is 3.82. The Morgan fingerprint density at radius 3 is 2.67 bits per heavy atom. The molecule has 1 aliphatic heterocycles. The highest BCUT2D eigenvalue weighted by molar-refractivity contribution is 7.98. The summed E-state index contributed by atoms with van der Waals surface area (Å²) in [5.74, 6) is 0.998. The van der Waals surface area contributed by atoms with Crippen molar-refractivity contribution >= 4 is 40.3 Å². The first-order valence-corrected chi connectivity index (χ1v) is 12.2. The van der Waals surface area contributed by atoms with Crippen molar-refractivity contribution in [3.05, 3.63) is 45.5 Å². The van der Waals surface area contributed by atoms with Gasteiger partial charge in [-0.2, -0.15) is 0 Å². The van der Waals surface area contributed by atoms with Crippen molar-refractivity contribution in [2.45, 2.75) is 31.5 Å². The third-order valence-electron chi connectivity index (χ3n) is 6.58. The highest BCUT2D eigenvalue weighted by Crippen LogP contribution is 2.46. The summed E-state index contributed by atoms with van der Waals surface area (Å²) in [4.78, 5) is 40.6. The molecule has 2 aromatic heterocycles. The van der Waals surface area contributed by atoms with Gasteiger partial charge in [0, 0.05) is 25.7 Å². The van der Waals surface area contributed by atoms with Gasteiger partial charge in [0.1, 0.15) is 0 Å². The predicted octanol–water partition coefficient (Wildman–Crippen LogP) is 3.08. The fourth-order valence-electron chi connectivity index (χ4n) is 4.76. The summed E-state index contributed by atoms with van der Waals surface area (Å²) in [6.07, 6.45) is 4.56. The SMILES string of the molecule is CSc1ncc(NC(C)c2cc(C)cc3c(=O)n(C)c(N4CC5CC5C4)nc23)c(C(=O)O)n1. The number of carboxylic acid groups (broad SMARTS) is 1. The lowest BCUT2D eigenvalue weighted by Crippen LogP contribution is -2.31. The third-order valence-corrected chi connectivity index (χ3v) is 7.14. The van der Waals surface area contributed by atoms with E-state index in [0.717, 1.165) is 36.1 Å². The molecular weight excluding hydrogens is 440 g/mol. The van der Waals surface area contributed by atoms with Gasteiger partial charge in [0.05, 0.1) is 28.8 Å². The topological polar surface area (TPSA) is 113 Å². The molecule has 0 radical (unpaired) electrons. The van der Waals surface area contributed by atoms with Crippen molar-refractivity contribution < 1.29 is 9.90 Å². The van der Waals surface area contributed by atoms with Crippen LogP contribution in [-0.4, -0.2) is 49.9 Å². The van der Waals surface area contributed by atoms with E-state index >= 15 is 0 Å². The fraction of sp³-hybridized carbons (Fsp3) is 0.435. The van der Waals surface area contributed by atoms with E-state index in [0.29, 0.717) is 27.7 Å². The van der Waals surface area contributed by atoms with Crippen LogP contribution in [0.4, 0.5) is 11.6 Å². The summed E-state index contributed by atoms with van der Waals surface area (Å²) in [7, 11) is 1.78. The lowest BCUT2D eigenvalue weighted by Gasteiger charge is -2.24. The van der Waals surface area contributed by atoms with Gasteiger partial charge < -0.3 is 15.3 Å². The van der Waals surface area contributed by atoms with Crippen LogP contribution in [0, 0.1) is 18.8 Å². The molecule has 5 rings (SSSR count). The largest absolute Gasteiger partial charge is 0.476 e. The molecule has 0 spiro atoms. The first kappa shape index (κ1) is 21.7. The molecule has 33 heavy (non-hydrogen) atoms. The van der Waals surface area contributed by atoms with E-state index in [2.05, 4.69) is 20.2 Å². The van der Waals surface area contributed by atoms with E-state index in [1.54, 1.807) is 17.9 Å². The molecule has 1 saturated heterocycles. The summed E-state index contributed by atoms with van der Waals surface area (Å²) in [6.45, 7) is 5.74. The highest BCUT2D eigenvalue weighted by atomic mass is 32.2. The van der Waals surface area contributed by atoms with Crippen molar-refractivity contribution in [3.63, 3.8) is 0 Å². The molecule has 10 heteroatoms. The molecule has 0 bridgehead atoms. The first-order valence-electron chi connectivity index (χ1n) is 10.9. The van der Waals surface area contributed by atoms with Crippen LogP contribution in [0.15, 0.2) is 28.3 Å². The zero-order valence-electron chi connectivity index (χ0n) is 19.0. The monoisotopic (exact) mass is 466 g/mol. The molecule has 0 amide bonds. The van der Waals surface area contributed by atoms with E-state index in [9.17, 15) is 14.7 Å². The molecule has 3 heterocycles. The number of rotatable bonds is 6. The standard InChI is InChI=1S/C23H26N6O3S/c1-11-5-15(12(2)25-17-8-24-22(33-4)26-19(17)21(31)32)18-16(6-11)20(30)28(3)23(27-18)29-9-13-7-14(13)10-29/h5-6,8,12-14,25H,7,9-10H2,1-4H3,(H,31,32). The Kier molecular flexibility index (Phi) is 5.27. The normalized spacial score (nSPS) is 20.1. The van der Waals surface area contributed by atoms with Crippen LogP contribution in [0.25, 0.3) is 10.9 Å². The Balaban J connectivity index is 1.58. The smallest absolute Gasteiger partial charge is 0.356 e. The van der Waals surface area contributed by atoms with Crippen LogP contribution < -0.4 is 15.8 Å². The van der Waals surface area contributed by atoms with Crippen molar-refractivity contribution in [1.82, 2.24) is 19.5 Å². The Bertz CT molecular complexity index is 1330. The van der Waals surface area contributed by atoms with E-state index in [1.165, 1.54) is 24.4 Å². The van der Waals surface area contributed by atoms with Crippen LogP contribution in [0.2, 0.25) is 0 Å². The Hall–Kier alpha value is -3.14. The van der Waals surface area contributed by atoms with Gasteiger partial charge in [-0.05, 0) is 50.0 Å². The maximum atomic E-state index is 13.3. The van der Waals surface area contributed by atoms with Gasteiger partial charge in [0.15, 0.2) is 10.9 Å². The maximum Gasteiger partial charge on any atom is 0.356 e. The second-order valence-electron chi connectivity index (χ2n) is 8.98. The van der Waals surface area contributed by atoms with Crippen molar-refractivity contribution in [3.8, 4) is 0 Å². The summed E-state index contributed by atoms with van der Waals surface area (Å²) in [6, 6.07) is 3.54. The molecule has 2 aliphatic rings. The Morgan fingerprint density at radius 1 is 1.27 bits per heavy atom. The van der Waals surface area contributed by atoms with Crippen LogP contribution in [-0.2, 0) is 7.05 Å². The molecule has 2 N–H and O–H groups in total. The van der Waals surface area contributed by atoms with Crippen molar-refractivity contribution in [2.75, 3.05) is 29.6 Å². The van der Waals surface area contributed by atoms with E-state index in [-0.39, 0.29) is 17.3 Å². The summed E-state index contributed by atoms with van der Waals surface area (Å²) in [5, 5.41) is 13.8. The minimum absolute atomic E-state index is 0.0772. The molecule has 1 saturated carbocycles. The number of aryl methyl sites for hydroxylation is 1. The van der Waals surface area contributed by atoms with Crippen LogP contribution in [0.3, 0.4) is 0 Å². The van der Waals surface area contributed by atoms with E-state index in [4.69, 9.17) is 4.98 Å². The molecule has 9 nitrogen and oxygen atoms in total. The van der Waals surface area contributed by atoms with E-state index in [1.807, 2.05) is 26.0 Å². The minimum atomic E-state index is -1.13. The molecule has 1 aromatic carbocycles. The number of carboxylic acids is 1. The maximum absolute atomic E-state index is 13.3. The molecule has 3 atom stereocenters. The number of nitrogens with zero attached hydrogens (tertiary/aromatic N) is 5. The number of aromatic nitrogens is 4. The summed E-state index contributed by atoms with van der Waals surface area (Å²) < 4.78 is 1.64. The predicted molar refractivity (Wildman–Crippen MR) is 128 cm³/mol. The van der Waals surface area contributed by atoms with Crippen LogP contribution in [0.1, 0.15) is 41.0 Å². The van der Waals surface area contributed by atoms with Gasteiger partial charge in [0.25, 0.3) is 5.56 Å². The number of thioether (sulfide) groups is 1. The summed E-state index contributed by atoms with van der Waals surface area (Å²) >= 11 is 1.28. The number of carbonyl (C=O) groups is 1. The molecule has 2 fully saturated rings. The van der Waals surface area contributed by atoms with Gasteiger partial charge in [0.2, 0.25) is 5.95 Å². The zero-order chi connectivity index (χ0) is 23.4. The van der Waals surface area contributed by atoms with Gasteiger partial charge in [-0.3, -0.25) is 9.36 Å². The molecular formula is C23H26N6O3S. The number of hydrogen-bond acceptors (Lipinski definition) is 8.